The molecule has 2 N–H and O–H groups in total. The number of nitrogens with one attached hydrogen (secondary N) is 1. The molecule has 0 bridgehead atoms. The minimum atomic E-state index is -0.726. The van der Waals surface area contributed by atoms with Gasteiger partial charge >= 0.3 is 0 Å². The van der Waals surface area contributed by atoms with E-state index in [1.54, 1.807) is 12.1 Å². The molecule has 132 valence electrons. The Morgan fingerprint density at radius 2 is 2.08 bits per heavy atom. The number of carbonyl (C=O) groups excluding carboxylic acids is 1. The number of amides is 1. The third kappa shape index (κ3) is 4.52. The van der Waals surface area contributed by atoms with Crippen LogP contribution in [0.5, 0.6) is 0 Å². The number of rotatable bonds is 6. The van der Waals surface area contributed by atoms with Gasteiger partial charge in [0.1, 0.15) is 5.82 Å². The first kappa shape index (κ1) is 17.8. The van der Waals surface area contributed by atoms with Gasteiger partial charge in [0.15, 0.2) is 0 Å². The van der Waals surface area contributed by atoms with Crippen LogP contribution in [0.15, 0.2) is 47.4 Å². The van der Waals surface area contributed by atoms with Gasteiger partial charge in [-0.3, -0.25) is 4.79 Å². The number of nitrogens with zero attached hydrogens (tertiary/aromatic N) is 1. The highest BCUT2D eigenvalue weighted by Gasteiger charge is 2.18. The largest absolute Gasteiger partial charge is 0.387 e. The first-order valence-corrected chi connectivity index (χ1v) is 9.18. The van der Waals surface area contributed by atoms with Crippen LogP contribution in [0.25, 0.3) is 0 Å². The standard InChI is InChI=1S/C19H21FN2O2S/c1-22-9-8-13-10-14(2-7-17(13)22)18(23)11-21-19(24)12-25-16-5-3-15(20)4-6-16/h2-7,10,18,23H,8-9,11-12H2,1H3,(H,21,24)/t18-/m0/s1. The predicted octanol–water partition coefficient (Wildman–Crippen LogP) is 2.76. The number of benzene rings is 2. The van der Waals surface area contributed by atoms with Crippen molar-refractivity contribution in [2.24, 2.45) is 0 Å². The molecule has 0 fully saturated rings. The maximum atomic E-state index is 12.8. The number of likely N-dealkylation sites (N-methyl/N-ethyl adjacent to an activating group) is 1. The average molecular weight is 360 g/mol. The summed E-state index contributed by atoms with van der Waals surface area (Å²) in [5.74, 6) is -0.223. The first-order chi connectivity index (χ1) is 12.0. The zero-order valence-electron chi connectivity index (χ0n) is 14.0. The zero-order valence-corrected chi connectivity index (χ0v) is 14.9. The predicted molar refractivity (Wildman–Crippen MR) is 98.5 cm³/mol. The van der Waals surface area contributed by atoms with E-state index in [1.165, 1.54) is 35.1 Å². The molecule has 1 aliphatic rings. The molecular formula is C19H21FN2O2S. The highest BCUT2D eigenvalue weighted by atomic mass is 32.2. The summed E-state index contributed by atoms with van der Waals surface area (Å²) in [4.78, 5) is 15.0. The van der Waals surface area contributed by atoms with Crippen molar-refractivity contribution < 1.29 is 14.3 Å². The normalized spacial score (nSPS) is 14.3. The summed E-state index contributed by atoms with van der Waals surface area (Å²) in [7, 11) is 2.06. The fourth-order valence-electron chi connectivity index (χ4n) is 2.85. The lowest BCUT2D eigenvalue weighted by Gasteiger charge is -2.15. The lowest BCUT2D eigenvalue weighted by Crippen LogP contribution is -2.29. The molecule has 0 aromatic heterocycles. The van der Waals surface area contributed by atoms with Gasteiger partial charge in [0.2, 0.25) is 5.91 Å². The van der Waals surface area contributed by atoms with Gasteiger partial charge in [-0.25, -0.2) is 4.39 Å². The van der Waals surface area contributed by atoms with E-state index in [0.717, 1.165) is 23.4 Å². The van der Waals surface area contributed by atoms with E-state index < -0.39 is 6.10 Å². The van der Waals surface area contributed by atoms with Crippen molar-refractivity contribution >= 4 is 23.4 Å². The van der Waals surface area contributed by atoms with E-state index in [2.05, 4.69) is 17.3 Å². The van der Waals surface area contributed by atoms with Gasteiger partial charge in [0, 0.05) is 30.7 Å². The van der Waals surface area contributed by atoms with Gasteiger partial charge in [0.05, 0.1) is 11.9 Å². The van der Waals surface area contributed by atoms with E-state index in [4.69, 9.17) is 0 Å². The van der Waals surface area contributed by atoms with Crippen LogP contribution in [-0.2, 0) is 11.2 Å². The second-order valence-corrected chi connectivity index (χ2v) is 7.17. The van der Waals surface area contributed by atoms with Crippen LogP contribution < -0.4 is 10.2 Å². The summed E-state index contributed by atoms with van der Waals surface area (Å²) >= 11 is 1.34. The molecule has 0 saturated carbocycles. The maximum absolute atomic E-state index is 12.8. The van der Waals surface area contributed by atoms with E-state index in [-0.39, 0.29) is 24.0 Å². The Bertz CT molecular complexity index is 752. The fourth-order valence-corrected chi connectivity index (χ4v) is 3.58. The smallest absolute Gasteiger partial charge is 0.230 e. The third-order valence-electron chi connectivity index (χ3n) is 4.29. The lowest BCUT2D eigenvalue weighted by molar-refractivity contribution is -0.119. The Kier molecular flexibility index (Phi) is 5.60. The maximum Gasteiger partial charge on any atom is 0.230 e. The minimum Gasteiger partial charge on any atom is -0.387 e. The van der Waals surface area contributed by atoms with Gasteiger partial charge in [-0.1, -0.05) is 12.1 Å². The van der Waals surface area contributed by atoms with Crippen molar-refractivity contribution in [3.63, 3.8) is 0 Å². The van der Waals surface area contributed by atoms with Crippen LogP contribution in [-0.4, -0.2) is 36.9 Å². The number of carbonyl (C=O) groups is 1. The number of hydrogen-bond acceptors (Lipinski definition) is 4. The topological polar surface area (TPSA) is 52.6 Å². The Morgan fingerprint density at radius 3 is 2.84 bits per heavy atom. The zero-order chi connectivity index (χ0) is 17.8. The fraction of sp³-hybridized carbons (Fsp3) is 0.316. The number of thioether (sulfide) groups is 1. The first-order valence-electron chi connectivity index (χ1n) is 8.20. The number of halogens is 1. The molecule has 2 aromatic rings. The second kappa shape index (κ2) is 7.89. The number of hydrogen-bond donors (Lipinski definition) is 2. The van der Waals surface area contributed by atoms with Crippen molar-refractivity contribution in [2.45, 2.75) is 17.4 Å². The van der Waals surface area contributed by atoms with E-state index in [0.29, 0.717) is 0 Å². The molecule has 1 heterocycles. The van der Waals surface area contributed by atoms with Crippen molar-refractivity contribution in [2.75, 3.05) is 30.8 Å². The van der Waals surface area contributed by atoms with Gasteiger partial charge in [-0.05, 0) is 47.9 Å². The molecule has 0 unspecified atom stereocenters. The average Bonchev–Trinajstić information content (AvgIpc) is 2.99. The molecule has 0 radical (unpaired) electrons. The molecule has 1 amide bonds. The molecule has 0 saturated heterocycles. The Balaban J connectivity index is 1.47. The molecule has 0 spiro atoms. The molecular weight excluding hydrogens is 339 g/mol. The monoisotopic (exact) mass is 360 g/mol. The quantitative estimate of drug-likeness (QED) is 0.778. The molecule has 4 nitrogen and oxygen atoms in total. The van der Waals surface area contributed by atoms with Crippen molar-refractivity contribution in [1.82, 2.24) is 5.32 Å². The summed E-state index contributed by atoms with van der Waals surface area (Å²) in [6.07, 6.45) is 0.253. The highest BCUT2D eigenvalue weighted by Crippen LogP contribution is 2.29. The Hall–Kier alpha value is -2.05. The van der Waals surface area contributed by atoms with Crippen LogP contribution in [0.2, 0.25) is 0 Å². The SMILES string of the molecule is CN1CCc2cc([C@@H](O)CNC(=O)CSc3ccc(F)cc3)ccc21. The molecule has 1 aliphatic heterocycles. The summed E-state index contributed by atoms with van der Waals surface area (Å²) < 4.78 is 12.8. The number of aliphatic hydroxyl groups excluding tert-OH is 1. The molecule has 6 heteroatoms. The van der Waals surface area contributed by atoms with Gasteiger partial charge < -0.3 is 15.3 Å². The minimum absolute atomic E-state index is 0.158. The van der Waals surface area contributed by atoms with Crippen LogP contribution in [0.4, 0.5) is 10.1 Å². The van der Waals surface area contributed by atoms with Gasteiger partial charge in [0.25, 0.3) is 0 Å². The molecule has 0 aliphatic carbocycles. The lowest BCUT2D eigenvalue weighted by atomic mass is 10.0. The van der Waals surface area contributed by atoms with Crippen molar-refractivity contribution in [1.29, 1.82) is 0 Å². The molecule has 1 atom stereocenters. The highest BCUT2D eigenvalue weighted by molar-refractivity contribution is 8.00. The van der Waals surface area contributed by atoms with Gasteiger partial charge in [-0.2, -0.15) is 0 Å². The third-order valence-corrected chi connectivity index (χ3v) is 5.30. The van der Waals surface area contributed by atoms with Crippen molar-refractivity contribution in [3.8, 4) is 0 Å². The Labute approximate surface area is 151 Å². The van der Waals surface area contributed by atoms with Crippen LogP contribution in [0, 0.1) is 5.82 Å². The summed E-state index contributed by atoms with van der Waals surface area (Å²) in [6.45, 7) is 1.17. The van der Waals surface area contributed by atoms with Crippen LogP contribution in [0.1, 0.15) is 17.2 Å². The number of fused-ring (bicyclic) bond motifs is 1. The van der Waals surface area contributed by atoms with E-state index in [1.807, 2.05) is 18.2 Å². The van der Waals surface area contributed by atoms with Gasteiger partial charge in [-0.15, -0.1) is 11.8 Å². The summed E-state index contributed by atoms with van der Waals surface area (Å²) in [6, 6.07) is 12.0. The van der Waals surface area contributed by atoms with Crippen molar-refractivity contribution in [3.05, 3.63) is 59.4 Å². The van der Waals surface area contributed by atoms with E-state index in [9.17, 15) is 14.3 Å². The Morgan fingerprint density at radius 1 is 1.32 bits per heavy atom. The number of anilines is 1. The van der Waals surface area contributed by atoms with Crippen LogP contribution >= 0.6 is 11.8 Å². The summed E-state index contributed by atoms with van der Waals surface area (Å²) in [5, 5.41) is 13.1. The molecule has 25 heavy (non-hydrogen) atoms. The summed E-state index contributed by atoms with van der Waals surface area (Å²) in [5.41, 5.74) is 3.26. The van der Waals surface area contributed by atoms with Crippen LogP contribution in [0.3, 0.4) is 0 Å². The molecule has 3 rings (SSSR count). The second-order valence-electron chi connectivity index (χ2n) is 6.12. The number of aliphatic hydroxyl groups is 1. The van der Waals surface area contributed by atoms with E-state index >= 15 is 0 Å². The molecule has 2 aromatic carbocycles.